The Labute approximate surface area is 113 Å². The highest BCUT2D eigenvalue weighted by Gasteiger charge is 2.28. The molecule has 4 heteroatoms. The third-order valence-corrected chi connectivity index (χ3v) is 4.16. The zero-order valence-electron chi connectivity index (χ0n) is 11.8. The number of halogens is 2. The van der Waals surface area contributed by atoms with Crippen LogP contribution in [0.3, 0.4) is 0 Å². The standard InChI is InChI=1S/C15H22F2N2/c1-10-9-19(3)11(2)6-15(10)18-8-12-4-5-13(16)14(17)7-12/h4-5,7,10-11,15,18H,6,8-9H2,1-3H3. The van der Waals surface area contributed by atoms with E-state index in [4.69, 9.17) is 0 Å². The van der Waals surface area contributed by atoms with E-state index in [1.807, 2.05) is 0 Å². The zero-order chi connectivity index (χ0) is 14.0. The molecule has 19 heavy (non-hydrogen) atoms. The molecule has 2 nitrogen and oxygen atoms in total. The van der Waals surface area contributed by atoms with Crippen molar-refractivity contribution in [1.82, 2.24) is 10.2 Å². The summed E-state index contributed by atoms with van der Waals surface area (Å²) in [4.78, 5) is 2.36. The third kappa shape index (κ3) is 3.51. The van der Waals surface area contributed by atoms with Crippen LogP contribution in [-0.2, 0) is 6.54 Å². The van der Waals surface area contributed by atoms with Crippen LogP contribution >= 0.6 is 0 Å². The first-order valence-corrected chi connectivity index (χ1v) is 6.85. The molecule has 1 heterocycles. The van der Waals surface area contributed by atoms with Gasteiger partial charge in [-0.25, -0.2) is 8.78 Å². The molecule has 0 aliphatic carbocycles. The molecular formula is C15H22F2N2. The van der Waals surface area contributed by atoms with Gasteiger partial charge in [-0.15, -0.1) is 0 Å². The summed E-state index contributed by atoms with van der Waals surface area (Å²) >= 11 is 0. The summed E-state index contributed by atoms with van der Waals surface area (Å²) < 4.78 is 26.0. The van der Waals surface area contributed by atoms with E-state index in [1.54, 1.807) is 6.07 Å². The van der Waals surface area contributed by atoms with Crippen molar-refractivity contribution in [2.45, 2.75) is 38.9 Å². The Balaban J connectivity index is 1.92. The van der Waals surface area contributed by atoms with Gasteiger partial charge in [-0.3, -0.25) is 0 Å². The fourth-order valence-electron chi connectivity index (χ4n) is 2.72. The van der Waals surface area contributed by atoms with Crippen molar-refractivity contribution in [2.75, 3.05) is 13.6 Å². The van der Waals surface area contributed by atoms with Gasteiger partial charge >= 0.3 is 0 Å². The smallest absolute Gasteiger partial charge is 0.159 e. The van der Waals surface area contributed by atoms with Crippen LogP contribution in [0.1, 0.15) is 25.8 Å². The largest absolute Gasteiger partial charge is 0.310 e. The second-order valence-corrected chi connectivity index (χ2v) is 5.74. The van der Waals surface area contributed by atoms with Crippen molar-refractivity contribution in [1.29, 1.82) is 0 Å². The fourth-order valence-corrected chi connectivity index (χ4v) is 2.72. The molecule has 0 amide bonds. The Bertz CT molecular complexity index is 436. The number of piperidine rings is 1. The average Bonchev–Trinajstić information content (AvgIpc) is 2.36. The fraction of sp³-hybridized carbons (Fsp3) is 0.600. The Morgan fingerprint density at radius 3 is 2.68 bits per heavy atom. The first-order chi connectivity index (χ1) is 8.97. The van der Waals surface area contributed by atoms with E-state index in [0.29, 0.717) is 24.5 Å². The SMILES string of the molecule is CC1CN(C)C(C)CC1NCc1ccc(F)c(F)c1. The molecule has 1 N–H and O–H groups in total. The summed E-state index contributed by atoms with van der Waals surface area (Å²) in [7, 11) is 2.15. The molecule has 3 atom stereocenters. The number of benzene rings is 1. The summed E-state index contributed by atoms with van der Waals surface area (Å²) in [6.07, 6.45) is 1.08. The van der Waals surface area contributed by atoms with E-state index in [0.717, 1.165) is 18.5 Å². The highest BCUT2D eigenvalue weighted by molar-refractivity contribution is 5.17. The van der Waals surface area contributed by atoms with Gasteiger partial charge in [0, 0.05) is 25.2 Å². The number of hydrogen-bond acceptors (Lipinski definition) is 2. The van der Waals surface area contributed by atoms with E-state index < -0.39 is 11.6 Å². The van der Waals surface area contributed by atoms with Crippen LogP contribution in [0.25, 0.3) is 0 Å². The summed E-state index contributed by atoms with van der Waals surface area (Å²) in [6, 6.07) is 5.07. The second-order valence-electron chi connectivity index (χ2n) is 5.74. The number of nitrogens with one attached hydrogen (secondary N) is 1. The second kappa shape index (κ2) is 5.97. The average molecular weight is 268 g/mol. The lowest BCUT2D eigenvalue weighted by Crippen LogP contribution is -2.50. The highest BCUT2D eigenvalue weighted by Crippen LogP contribution is 2.21. The molecule has 0 aromatic heterocycles. The van der Waals surface area contributed by atoms with E-state index in [1.165, 1.54) is 12.1 Å². The van der Waals surface area contributed by atoms with Gasteiger partial charge in [0.25, 0.3) is 0 Å². The van der Waals surface area contributed by atoms with Gasteiger partial charge in [0.1, 0.15) is 0 Å². The zero-order valence-corrected chi connectivity index (χ0v) is 11.8. The predicted molar refractivity (Wildman–Crippen MR) is 72.9 cm³/mol. The highest BCUT2D eigenvalue weighted by atomic mass is 19.2. The predicted octanol–water partition coefficient (Wildman–Crippen LogP) is 2.78. The molecule has 106 valence electrons. The quantitative estimate of drug-likeness (QED) is 0.907. The van der Waals surface area contributed by atoms with Crippen LogP contribution in [0.5, 0.6) is 0 Å². The van der Waals surface area contributed by atoms with Gasteiger partial charge in [0.2, 0.25) is 0 Å². The van der Waals surface area contributed by atoms with Crippen molar-refractivity contribution >= 4 is 0 Å². The number of nitrogens with zero attached hydrogens (tertiary/aromatic N) is 1. The summed E-state index contributed by atoms with van der Waals surface area (Å²) in [5.74, 6) is -0.999. The Kier molecular flexibility index (Phi) is 4.53. The van der Waals surface area contributed by atoms with Gasteiger partial charge in [-0.2, -0.15) is 0 Å². The third-order valence-electron chi connectivity index (χ3n) is 4.16. The van der Waals surface area contributed by atoms with Crippen molar-refractivity contribution < 1.29 is 8.78 Å². The minimum absolute atomic E-state index is 0.430. The van der Waals surface area contributed by atoms with Crippen molar-refractivity contribution in [3.05, 3.63) is 35.4 Å². The summed E-state index contributed by atoms with van der Waals surface area (Å²) in [6.45, 7) is 6.10. The molecule has 0 spiro atoms. The van der Waals surface area contributed by atoms with Crippen LogP contribution < -0.4 is 5.32 Å². The van der Waals surface area contributed by atoms with Crippen LogP contribution in [0.15, 0.2) is 18.2 Å². The molecular weight excluding hydrogens is 246 g/mol. The first-order valence-electron chi connectivity index (χ1n) is 6.85. The molecule has 0 bridgehead atoms. The maximum Gasteiger partial charge on any atom is 0.159 e. The molecule has 1 fully saturated rings. The van der Waals surface area contributed by atoms with Gasteiger partial charge in [0.15, 0.2) is 11.6 Å². The van der Waals surface area contributed by atoms with Crippen LogP contribution in [-0.4, -0.2) is 30.6 Å². The van der Waals surface area contributed by atoms with Crippen molar-refractivity contribution in [2.24, 2.45) is 5.92 Å². The monoisotopic (exact) mass is 268 g/mol. The molecule has 1 aromatic carbocycles. The minimum Gasteiger partial charge on any atom is -0.310 e. The maximum atomic E-state index is 13.1. The first kappa shape index (κ1) is 14.4. The summed E-state index contributed by atoms with van der Waals surface area (Å²) in [5.41, 5.74) is 0.790. The number of hydrogen-bond donors (Lipinski definition) is 1. The Morgan fingerprint density at radius 1 is 1.26 bits per heavy atom. The Morgan fingerprint density at radius 2 is 2.00 bits per heavy atom. The molecule has 3 unspecified atom stereocenters. The number of rotatable bonds is 3. The Hall–Kier alpha value is -1.00. The van der Waals surface area contributed by atoms with Gasteiger partial charge in [-0.1, -0.05) is 13.0 Å². The van der Waals surface area contributed by atoms with E-state index in [9.17, 15) is 8.78 Å². The van der Waals surface area contributed by atoms with E-state index in [2.05, 4.69) is 31.1 Å². The minimum atomic E-state index is -0.787. The molecule has 1 aliphatic rings. The maximum absolute atomic E-state index is 13.1. The van der Waals surface area contributed by atoms with Gasteiger partial charge in [-0.05, 0) is 44.0 Å². The summed E-state index contributed by atoms with van der Waals surface area (Å²) in [5, 5.41) is 3.47. The molecule has 0 radical (unpaired) electrons. The van der Waals surface area contributed by atoms with Crippen molar-refractivity contribution in [3.8, 4) is 0 Å². The topological polar surface area (TPSA) is 15.3 Å². The molecule has 1 saturated heterocycles. The van der Waals surface area contributed by atoms with Crippen LogP contribution in [0.2, 0.25) is 0 Å². The van der Waals surface area contributed by atoms with E-state index in [-0.39, 0.29) is 0 Å². The lowest BCUT2D eigenvalue weighted by Gasteiger charge is -2.40. The molecule has 0 saturated carbocycles. The molecule has 1 aliphatic heterocycles. The van der Waals surface area contributed by atoms with E-state index >= 15 is 0 Å². The lowest BCUT2D eigenvalue weighted by atomic mass is 9.90. The van der Waals surface area contributed by atoms with Crippen molar-refractivity contribution in [3.63, 3.8) is 0 Å². The molecule has 1 aromatic rings. The van der Waals surface area contributed by atoms with Crippen LogP contribution in [0.4, 0.5) is 8.78 Å². The molecule has 2 rings (SSSR count). The lowest BCUT2D eigenvalue weighted by molar-refractivity contribution is 0.121. The van der Waals surface area contributed by atoms with Crippen LogP contribution in [0, 0.1) is 17.6 Å². The van der Waals surface area contributed by atoms with Gasteiger partial charge in [0.05, 0.1) is 0 Å². The normalized spacial score (nSPS) is 28.6. The van der Waals surface area contributed by atoms with Gasteiger partial charge < -0.3 is 10.2 Å². The number of likely N-dealkylation sites (tertiary alicyclic amines) is 1.